The highest BCUT2D eigenvalue weighted by molar-refractivity contribution is 5.97. The lowest BCUT2D eigenvalue weighted by Gasteiger charge is -2.22. The van der Waals surface area contributed by atoms with Crippen molar-refractivity contribution >= 4 is 17.5 Å². The highest BCUT2D eigenvalue weighted by atomic mass is 16.2. The number of nitrogens with zero attached hydrogens (tertiary/aromatic N) is 2. The first-order chi connectivity index (χ1) is 12.1. The van der Waals surface area contributed by atoms with E-state index in [1.54, 1.807) is 0 Å². The van der Waals surface area contributed by atoms with Crippen LogP contribution in [0.3, 0.4) is 0 Å². The van der Waals surface area contributed by atoms with Gasteiger partial charge < -0.3 is 15.1 Å². The predicted molar refractivity (Wildman–Crippen MR) is 99.6 cm³/mol. The van der Waals surface area contributed by atoms with Crippen molar-refractivity contribution in [1.82, 2.24) is 9.80 Å². The Bertz CT molecular complexity index is 614. The summed E-state index contributed by atoms with van der Waals surface area (Å²) >= 11 is 0. The number of amides is 2. The van der Waals surface area contributed by atoms with Crippen LogP contribution in [0.25, 0.3) is 0 Å². The largest absolute Gasteiger partial charge is 0.337 e. The van der Waals surface area contributed by atoms with E-state index in [-0.39, 0.29) is 17.7 Å². The number of anilines is 1. The van der Waals surface area contributed by atoms with Crippen LogP contribution in [0.1, 0.15) is 43.5 Å². The third kappa shape index (κ3) is 4.60. The van der Waals surface area contributed by atoms with Crippen LogP contribution in [0, 0.1) is 11.8 Å². The van der Waals surface area contributed by atoms with E-state index in [2.05, 4.69) is 24.1 Å². The SMILES string of the molecule is CCCN1CCCN(C(=O)c2ccc(NC(=O)[C@@H]3C[C@@H]3C)cc2)CC1. The summed E-state index contributed by atoms with van der Waals surface area (Å²) in [4.78, 5) is 29.1. The van der Waals surface area contributed by atoms with Gasteiger partial charge in [-0.1, -0.05) is 13.8 Å². The van der Waals surface area contributed by atoms with E-state index in [1.165, 1.54) is 0 Å². The Kier molecular flexibility index (Phi) is 5.74. The molecule has 0 radical (unpaired) electrons. The molecular formula is C20H29N3O2. The van der Waals surface area contributed by atoms with Crippen molar-refractivity contribution in [2.24, 2.45) is 11.8 Å². The summed E-state index contributed by atoms with van der Waals surface area (Å²) in [6.45, 7) is 9.02. The first kappa shape index (κ1) is 17.9. The van der Waals surface area contributed by atoms with Crippen molar-refractivity contribution in [3.8, 4) is 0 Å². The molecule has 1 aromatic rings. The summed E-state index contributed by atoms with van der Waals surface area (Å²) in [6, 6.07) is 7.31. The monoisotopic (exact) mass is 343 g/mol. The average molecular weight is 343 g/mol. The highest BCUT2D eigenvalue weighted by Gasteiger charge is 2.39. The molecule has 136 valence electrons. The Morgan fingerprint density at radius 1 is 1.12 bits per heavy atom. The molecule has 1 aliphatic heterocycles. The molecule has 1 aliphatic carbocycles. The number of carbonyl (C=O) groups is 2. The number of carbonyl (C=O) groups excluding carboxylic acids is 2. The standard InChI is InChI=1S/C20H29N3O2/c1-3-9-22-10-4-11-23(13-12-22)20(25)16-5-7-17(8-6-16)21-19(24)18-14-15(18)2/h5-8,15,18H,3-4,9-14H2,1-2H3,(H,21,24)/t15-,18+/m0/s1. The minimum atomic E-state index is 0.0899. The highest BCUT2D eigenvalue weighted by Crippen LogP contribution is 2.38. The van der Waals surface area contributed by atoms with Crippen LogP contribution >= 0.6 is 0 Å². The van der Waals surface area contributed by atoms with Gasteiger partial charge >= 0.3 is 0 Å². The summed E-state index contributed by atoms with van der Waals surface area (Å²) in [5.41, 5.74) is 1.47. The van der Waals surface area contributed by atoms with E-state index in [0.717, 1.165) is 57.7 Å². The van der Waals surface area contributed by atoms with Gasteiger partial charge in [-0.15, -0.1) is 0 Å². The van der Waals surface area contributed by atoms with Gasteiger partial charge in [-0.25, -0.2) is 0 Å². The van der Waals surface area contributed by atoms with Crippen LogP contribution in [0.15, 0.2) is 24.3 Å². The Morgan fingerprint density at radius 2 is 1.84 bits per heavy atom. The van der Waals surface area contributed by atoms with Gasteiger partial charge in [0.25, 0.3) is 5.91 Å². The Hall–Kier alpha value is -1.88. The summed E-state index contributed by atoms with van der Waals surface area (Å²) in [7, 11) is 0. The summed E-state index contributed by atoms with van der Waals surface area (Å²) in [6.07, 6.45) is 3.16. The van der Waals surface area contributed by atoms with Crippen molar-refractivity contribution in [3.05, 3.63) is 29.8 Å². The Balaban J connectivity index is 1.56. The van der Waals surface area contributed by atoms with E-state index in [1.807, 2.05) is 29.2 Å². The van der Waals surface area contributed by atoms with Gasteiger partial charge in [0.2, 0.25) is 5.91 Å². The van der Waals surface area contributed by atoms with E-state index in [9.17, 15) is 9.59 Å². The van der Waals surface area contributed by atoms with Gasteiger partial charge in [-0.2, -0.15) is 0 Å². The maximum atomic E-state index is 12.7. The maximum absolute atomic E-state index is 12.7. The molecule has 0 unspecified atom stereocenters. The molecule has 25 heavy (non-hydrogen) atoms. The zero-order chi connectivity index (χ0) is 17.8. The number of hydrogen-bond acceptors (Lipinski definition) is 3. The molecule has 0 bridgehead atoms. The van der Waals surface area contributed by atoms with Crippen LogP contribution in [-0.2, 0) is 4.79 Å². The molecule has 1 aromatic carbocycles. The van der Waals surface area contributed by atoms with Crippen molar-refractivity contribution in [2.45, 2.75) is 33.1 Å². The first-order valence-corrected chi connectivity index (χ1v) is 9.51. The summed E-state index contributed by atoms with van der Waals surface area (Å²) < 4.78 is 0. The fourth-order valence-electron chi connectivity index (χ4n) is 3.51. The van der Waals surface area contributed by atoms with E-state index in [4.69, 9.17) is 0 Å². The average Bonchev–Trinajstić information content (AvgIpc) is 3.38. The van der Waals surface area contributed by atoms with Crippen molar-refractivity contribution in [2.75, 3.05) is 38.0 Å². The van der Waals surface area contributed by atoms with E-state index < -0.39 is 0 Å². The van der Waals surface area contributed by atoms with Gasteiger partial charge in [0.15, 0.2) is 0 Å². The molecule has 2 fully saturated rings. The van der Waals surface area contributed by atoms with Gasteiger partial charge in [0.1, 0.15) is 0 Å². The zero-order valence-electron chi connectivity index (χ0n) is 15.3. The van der Waals surface area contributed by atoms with Gasteiger partial charge in [0, 0.05) is 36.8 Å². The lowest BCUT2D eigenvalue weighted by Crippen LogP contribution is -2.35. The number of rotatable bonds is 5. The van der Waals surface area contributed by atoms with Gasteiger partial charge in [0.05, 0.1) is 0 Å². The minimum absolute atomic E-state index is 0.0899. The molecule has 1 N–H and O–H groups in total. The number of benzene rings is 1. The van der Waals surface area contributed by atoms with Crippen molar-refractivity contribution in [1.29, 1.82) is 0 Å². The normalized spacial score (nSPS) is 23.8. The fourth-order valence-corrected chi connectivity index (χ4v) is 3.51. The van der Waals surface area contributed by atoms with Crippen molar-refractivity contribution < 1.29 is 9.59 Å². The zero-order valence-corrected chi connectivity index (χ0v) is 15.3. The molecule has 1 saturated heterocycles. The van der Waals surface area contributed by atoms with Gasteiger partial charge in [-0.3, -0.25) is 9.59 Å². The predicted octanol–water partition coefficient (Wildman–Crippen LogP) is 2.84. The van der Waals surface area contributed by atoms with E-state index >= 15 is 0 Å². The molecule has 2 aliphatic rings. The molecule has 2 atom stereocenters. The third-order valence-corrected chi connectivity index (χ3v) is 5.26. The smallest absolute Gasteiger partial charge is 0.253 e. The summed E-state index contributed by atoms with van der Waals surface area (Å²) in [5, 5.41) is 2.94. The van der Waals surface area contributed by atoms with Crippen molar-refractivity contribution in [3.63, 3.8) is 0 Å². The molecule has 0 spiro atoms. The molecular weight excluding hydrogens is 314 g/mol. The maximum Gasteiger partial charge on any atom is 0.253 e. The number of hydrogen-bond donors (Lipinski definition) is 1. The third-order valence-electron chi connectivity index (χ3n) is 5.26. The summed E-state index contributed by atoms with van der Waals surface area (Å²) in [5.74, 6) is 0.836. The number of nitrogens with one attached hydrogen (secondary N) is 1. The van der Waals surface area contributed by atoms with Gasteiger partial charge in [-0.05, 0) is 62.5 Å². The fraction of sp³-hybridized carbons (Fsp3) is 0.600. The molecule has 0 aromatic heterocycles. The van der Waals surface area contributed by atoms with Crippen LogP contribution < -0.4 is 5.32 Å². The lowest BCUT2D eigenvalue weighted by atomic mass is 10.1. The first-order valence-electron chi connectivity index (χ1n) is 9.51. The van der Waals surface area contributed by atoms with E-state index in [0.29, 0.717) is 11.5 Å². The molecule has 5 nitrogen and oxygen atoms in total. The lowest BCUT2D eigenvalue weighted by molar-refractivity contribution is -0.117. The molecule has 1 heterocycles. The Morgan fingerprint density at radius 3 is 2.48 bits per heavy atom. The topological polar surface area (TPSA) is 52.6 Å². The van der Waals surface area contributed by atoms with Crippen LogP contribution in [0.2, 0.25) is 0 Å². The second-order valence-electron chi connectivity index (χ2n) is 7.37. The molecule has 1 saturated carbocycles. The van der Waals surface area contributed by atoms with Crippen LogP contribution in [0.4, 0.5) is 5.69 Å². The van der Waals surface area contributed by atoms with Crippen LogP contribution in [-0.4, -0.2) is 54.3 Å². The Labute approximate surface area is 150 Å². The second kappa shape index (κ2) is 8.00. The van der Waals surface area contributed by atoms with Crippen LogP contribution in [0.5, 0.6) is 0 Å². The molecule has 5 heteroatoms. The minimum Gasteiger partial charge on any atom is -0.337 e. The molecule has 2 amide bonds. The second-order valence-corrected chi connectivity index (χ2v) is 7.37. The quantitative estimate of drug-likeness (QED) is 0.894. The molecule has 3 rings (SSSR count).